The van der Waals surface area contributed by atoms with Gasteiger partial charge in [-0.15, -0.1) is 0 Å². The minimum atomic E-state index is -0.454. The molecule has 0 spiro atoms. The van der Waals surface area contributed by atoms with Gasteiger partial charge < -0.3 is 29.1 Å². The maximum atomic E-state index is 14.7. The van der Waals surface area contributed by atoms with Gasteiger partial charge in [-0.1, -0.05) is 36.4 Å². The van der Waals surface area contributed by atoms with E-state index >= 15 is 0 Å². The van der Waals surface area contributed by atoms with Gasteiger partial charge in [0.15, 0.2) is 0 Å². The van der Waals surface area contributed by atoms with E-state index in [4.69, 9.17) is 31.0 Å². The molecule has 7 rings (SSSR count). The molecular formula is C36H41ClFN7O3. The summed E-state index contributed by atoms with van der Waals surface area (Å²) in [5.74, 6) is 0.137. The highest BCUT2D eigenvalue weighted by Crippen LogP contribution is 2.40. The molecular weight excluding hydrogens is 633 g/mol. The molecule has 1 aliphatic carbocycles. The fourth-order valence-corrected chi connectivity index (χ4v) is 7.74. The Labute approximate surface area is 285 Å². The van der Waals surface area contributed by atoms with Crippen LogP contribution in [0, 0.1) is 22.6 Å². The molecule has 1 amide bonds. The maximum absolute atomic E-state index is 14.7. The molecule has 1 unspecified atom stereocenters. The third-order valence-electron chi connectivity index (χ3n) is 10.3. The van der Waals surface area contributed by atoms with Crippen LogP contribution in [-0.2, 0) is 22.5 Å². The third kappa shape index (κ3) is 6.17. The van der Waals surface area contributed by atoms with Gasteiger partial charge in [0.2, 0.25) is 5.91 Å². The molecule has 48 heavy (non-hydrogen) atoms. The van der Waals surface area contributed by atoms with E-state index in [0.29, 0.717) is 69.9 Å². The van der Waals surface area contributed by atoms with Crippen molar-refractivity contribution in [2.24, 2.45) is 5.41 Å². The summed E-state index contributed by atoms with van der Waals surface area (Å²) >= 11 is 6.57. The van der Waals surface area contributed by atoms with Crippen LogP contribution in [0.1, 0.15) is 37.4 Å². The minimum Gasteiger partial charge on any atom is -0.463 e. The Kier molecular flexibility index (Phi) is 8.92. The molecule has 252 valence electrons. The first-order valence-electron chi connectivity index (χ1n) is 16.7. The number of hydrogen-bond acceptors (Lipinski definition) is 9. The number of benzene rings is 2. The van der Waals surface area contributed by atoms with Gasteiger partial charge in [-0.05, 0) is 56.8 Å². The van der Waals surface area contributed by atoms with Crippen LogP contribution in [-0.4, -0.2) is 96.8 Å². The summed E-state index contributed by atoms with van der Waals surface area (Å²) in [6, 6.07) is 11.9. The first kappa shape index (κ1) is 32.6. The van der Waals surface area contributed by atoms with Crippen molar-refractivity contribution in [3.8, 4) is 12.1 Å². The molecule has 1 aromatic heterocycles. The number of piperazine rings is 1. The van der Waals surface area contributed by atoms with E-state index in [9.17, 15) is 14.4 Å². The Balaban J connectivity index is 1.24. The molecule has 1 saturated carbocycles. The van der Waals surface area contributed by atoms with Gasteiger partial charge in [0.25, 0.3) is 0 Å². The first-order chi connectivity index (χ1) is 23.2. The Hall–Kier alpha value is -3.98. The molecule has 0 N–H and O–H groups in total. The van der Waals surface area contributed by atoms with Gasteiger partial charge in [-0.3, -0.25) is 4.79 Å². The Bertz CT molecular complexity index is 1770. The van der Waals surface area contributed by atoms with E-state index in [1.165, 1.54) is 25.0 Å². The highest BCUT2D eigenvalue weighted by Gasteiger charge is 2.43. The molecule has 4 aliphatic rings. The smallest absolute Gasteiger partial charge is 0.318 e. The number of carbonyl (C=O) groups excluding carboxylic acids is 1. The van der Waals surface area contributed by atoms with Crippen LogP contribution in [0.25, 0.3) is 10.8 Å². The quantitative estimate of drug-likeness (QED) is 0.276. The standard InChI is InChI=1S/C36H41ClFN7O3/c1-4-31(46)44-15-14-43(17-26(44)12-13-39)34-27-16-23(2)45(30-7-5-6-24-8-11-28(38)33(37)32(24)30)18-29(27)40-35(41-34)48-22-36(20-47-21-36)19-42(3)25-9-10-25/h4-8,11,23,25-26H,1,9-10,12,14-22H2,2-3H3/t23-,26?/m0/s1. The third-order valence-corrected chi connectivity index (χ3v) is 10.6. The van der Waals surface area contributed by atoms with E-state index in [2.05, 4.69) is 41.3 Å². The summed E-state index contributed by atoms with van der Waals surface area (Å²) < 4.78 is 26.9. The summed E-state index contributed by atoms with van der Waals surface area (Å²) in [5.41, 5.74) is 2.55. The predicted octanol–water partition coefficient (Wildman–Crippen LogP) is 4.98. The minimum absolute atomic E-state index is 0.0171. The average Bonchev–Trinajstić information content (AvgIpc) is 3.93. The summed E-state index contributed by atoms with van der Waals surface area (Å²) in [6.07, 6.45) is 4.60. The zero-order valence-electron chi connectivity index (χ0n) is 27.5. The number of ether oxygens (including phenoxy) is 2. The van der Waals surface area contributed by atoms with Crippen molar-refractivity contribution in [3.63, 3.8) is 0 Å². The molecule has 4 heterocycles. The number of nitrogens with zero attached hydrogens (tertiary/aromatic N) is 7. The van der Waals surface area contributed by atoms with Crippen LogP contribution >= 0.6 is 11.6 Å². The molecule has 2 atom stereocenters. The second-order valence-corrected chi connectivity index (χ2v) is 14.2. The number of amides is 1. The fourth-order valence-electron chi connectivity index (χ4n) is 7.47. The molecule has 12 heteroatoms. The van der Waals surface area contributed by atoms with Crippen molar-refractivity contribution in [1.29, 1.82) is 5.26 Å². The number of nitriles is 1. The zero-order chi connectivity index (χ0) is 33.6. The second-order valence-electron chi connectivity index (χ2n) is 13.8. The molecule has 2 saturated heterocycles. The van der Waals surface area contributed by atoms with E-state index in [-0.39, 0.29) is 34.8 Å². The van der Waals surface area contributed by atoms with Crippen LogP contribution in [0.2, 0.25) is 5.02 Å². The summed E-state index contributed by atoms with van der Waals surface area (Å²) in [4.78, 5) is 31.2. The highest BCUT2D eigenvalue weighted by atomic mass is 35.5. The number of carbonyl (C=O) groups is 1. The van der Waals surface area contributed by atoms with Crippen molar-refractivity contribution in [2.75, 3.05) is 62.8 Å². The largest absolute Gasteiger partial charge is 0.463 e. The van der Waals surface area contributed by atoms with E-state index in [0.717, 1.165) is 34.7 Å². The number of hydrogen-bond donors (Lipinski definition) is 0. The molecule has 10 nitrogen and oxygen atoms in total. The lowest BCUT2D eigenvalue weighted by molar-refractivity contribution is -0.143. The normalized spacial score (nSPS) is 21.9. The molecule has 0 radical (unpaired) electrons. The van der Waals surface area contributed by atoms with Gasteiger partial charge in [-0.2, -0.15) is 15.2 Å². The monoisotopic (exact) mass is 673 g/mol. The lowest BCUT2D eigenvalue weighted by atomic mass is 9.86. The van der Waals surface area contributed by atoms with E-state index in [1.807, 2.05) is 18.2 Å². The highest BCUT2D eigenvalue weighted by molar-refractivity contribution is 6.36. The van der Waals surface area contributed by atoms with Crippen LogP contribution in [0.4, 0.5) is 15.9 Å². The Morgan fingerprint density at radius 3 is 2.79 bits per heavy atom. The van der Waals surface area contributed by atoms with Crippen molar-refractivity contribution >= 4 is 39.8 Å². The number of fused-ring (bicyclic) bond motifs is 2. The lowest BCUT2D eigenvalue weighted by Crippen LogP contribution is -2.55. The molecule has 3 aliphatic heterocycles. The van der Waals surface area contributed by atoms with Crippen LogP contribution in [0.5, 0.6) is 6.01 Å². The van der Waals surface area contributed by atoms with Crippen LogP contribution < -0.4 is 14.5 Å². The number of aromatic nitrogens is 2. The topological polar surface area (TPSA) is 98.1 Å². The van der Waals surface area contributed by atoms with E-state index in [1.54, 1.807) is 11.0 Å². The number of rotatable bonds is 10. The van der Waals surface area contributed by atoms with Crippen molar-refractivity contribution in [2.45, 2.75) is 57.3 Å². The molecule has 3 aromatic rings. The number of halogens is 2. The van der Waals surface area contributed by atoms with Crippen LogP contribution in [0.3, 0.4) is 0 Å². The fraction of sp³-hybridized carbons (Fsp3) is 0.500. The second kappa shape index (κ2) is 13.1. The summed E-state index contributed by atoms with van der Waals surface area (Å²) in [6.45, 7) is 10.3. The van der Waals surface area contributed by atoms with Gasteiger partial charge in [0.05, 0.1) is 54.4 Å². The Morgan fingerprint density at radius 2 is 2.08 bits per heavy atom. The SMILES string of the molecule is C=CC(=O)N1CCN(c2nc(OCC3(CN(C)C4CC4)COC3)nc3c2C[C@H](C)N(c2cccc4ccc(F)c(Cl)c24)C3)CC1CC#N. The van der Waals surface area contributed by atoms with Gasteiger partial charge in [0.1, 0.15) is 18.2 Å². The summed E-state index contributed by atoms with van der Waals surface area (Å²) in [7, 11) is 2.17. The predicted molar refractivity (Wildman–Crippen MR) is 183 cm³/mol. The van der Waals surface area contributed by atoms with Crippen molar-refractivity contribution in [3.05, 3.63) is 65.1 Å². The van der Waals surface area contributed by atoms with E-state index < -0.39 is 5.82 Å². The average molecular weight is 674 g/mol. The Morgan fingerprint density at radius 1 is 1.27 bits per heavy atom. The zero-order valence-corrected chi connectivity index (χ0v) is 28.3. The molecule has 0 bridgehead atoms. The van der Waals surface area contributed by atoms with Crippen LogP contribution in [0.15, 0.2) is 43.0 Å². The van der Waals surface area contributed by atoms with Gasteiger partial charge >= 0.3 is 6.01 Å². The number of anilines is 2. The molecule has 2 aromatic carbocycles. The van der Waals surface area contributed by atoms with Crippen molar-refractivity contribution < 1.29 is 18.7 Å². The summed E-state index contributed by atoms with van der Waals surface area (Å²) in [5, 5.41) is 11.3. The van der Waals surface area contributed by atoms with Gasteiger partial charge in [0, 0.05) is 54.9 Å². The maximum Gasteiger partial charge on any atom is 0.318 e. The first-order valence-corrected chi connectivity index (χ1v) is 17.1. The van der Waals surface area contributed by atoms with Gasteiger partial charge in [-0.25, -0.2) is 4.39 Å². The lowest BCUT2D eigenvalue weighted by Gasteiger charge is -2.44. The van der Waals surface area contributed by atoms with Crippen molar-refractivity contribution in [1.82, 2.24) is 19.8 Å². The molecule has 3 fully saturated rings.